The van der Waals surface area contributed by atoms with Crippen LogP contribution < -0.4 is 10.1 Å². The number of halogens is 1. The third-order valence-electron chi connectivity index (χ3n) is 3.41. The monoisotopic (exact) mass is 317 g/mol. The smallest absolute Gasteiger partial charge is 0.261 e. The van der Waals surface area contributed by atoms with Crippen LogP contribution in [0.2, 0.25) is 5.02 Å². The molecule has 0 aliphatic rings. The van der Waals surface area contributed by atoms with E-state index in [9.17, 15) is 4.79 Å². The second kappa shape index (κ2) is 7.85. The Hall–Kier alpha value is -2.00. The van der Waals surface area contributed by atoms with Gasteiger partial charge in [0.05, 0.1) is 0 Å². The number of rotatable bonds is 6. The molecule has 0 radical (unpaired) electrons. The number of aryl methyl sites for hydroxylation is 1. The van der Waals surface area contributed by atoms with Gasteiger partial charge in [-0.1, -0.05) is 48.9 Å². The number of carbonyl (C=O) groups is 1. The van der Waals surface area contributed by atoms with E-state index < -0.39 is 6.10 Å². The van der Waals surface area contributed by atoms with E-state index in [1.165, 1.54) is 0 Å². The van der Waals surface area contributed by atoms with E-state index in [1.54, 1.807) is 0 Å². The first-order chi connectivity index (χ1) is 10.6. The molecule has 0 saturated heterocycles. The second-order valence-corrected chi connectivity index (χ2v) is 5.56. The summed E-state index contributed by atoms with van der Waals surface area (Å²) < 4.78 is 5.83. The van der Waals surface area contributed by atoms with Crippen LogP contribution in [-0.4, -0.2) is 12.0 Å². The average Bonchev–Trinajstić information content (AvgIpc) is 2.53. The Labute approximate surface area is 136 Å². The average molecular weight is 318 g/mol. The predicted molar refractivity (Wildman–Crippen MR) is 89.2 cm³/mol. The first kappa shape index (κ1) is 16.4. The highest BCUT2D eigenvalue weighted by Gasteiger charge is 2.18. The minimum atomic E-state index is -0.492. The van der Waals surface area contributed by atoms with Gasteiger partial charge in [-0.05, 0) is 42.7 Å². The summed E-state index contributed by atoms with van der Waals surface area (Å²) in [5.74, 6) is 0.636. The molecule has 0 fully saturated rings. The van der Waals surface area contributed by atoms with E-state index in [1.807, 2.05) is 62.4 Å². The van der Waals surface area contributed by atoms with Crippen LogP contribution in [0.1, 0.15) is 24.5 Å². The molecule has 116 valence electrons. The highest BCUT2D eigenvalue weighted by atomic mass is 35.5. The first-order valence-corrected chi connectivity index (χ1v) is 7.72. The van der Waals surface area contributed by atoms with E-state index in [0.717, 1.165) is 16.9 Å². The number of hydrogen-bond acceptors (Lipinski definition) is 2. The van der Waals surface area contributed by atoms with Gasteiger partial charge in [0.15, 0.2) is 6.10 Å². The van der Waals surface area contributed by atoms with Crippen molar-refractivity contribution < 1.29 is 9.53 Å². The van der Waals surface area contributed by atoms with Gasteiger partial charge in [-0.25, -0.2) is 0 Å². The second-order valence-electron chi connectivity index (χ2n) is 5.12. The summed E-state index contributed by atoms with van der Waals surface area (Å²) in [4.78, 5) is 12.3. The molecule has 4 heteroatoms. The molecule has 2 rings (SSSR count). The van der Waals surface area contributed by atoms with Crippen LogP contribution in [0.25, 0.3) is 0 Å². The Kier molecular flexibility index (Phi) is 5.84. The summed E-state index contributed by atoms with van der Waals surface area (Å²) in [5.41, 5.74) is 2.02. The minimum absolute atomic E-state index is 0.110. The van der Waals surface area contributed by atoms with E-state index in [0.29, 0.717) is 18.0 Å². The lowest BCUT2D eigenvalue weighted by Gasteiger charge is -2.18. The number of benzene rings is 2. The van der Waals surface area contributed by atoms with Crippen molar-refractivity contribution in [3.05, 3.63) is 64.7 Å². The molecule has 0 aliphatic heterocycles. The van der Waals surface area contributed by atoms with E-state index in [2.05, 4.69) is 5.32 Å². The molecular formula is C18H20ClNO2. The van der Waals surface area contributed by atoms with Crippen molar-refractivity contribution in [1.29, 1.82) is 0 Å². The third kappa shape index (κ3) is 4.50. The summed E-state index contributed by atoms with van der Waals surface area (Å²) in [6, 6.07) is 15.1. The molecule has 0 bridgehead atoms. The lowest BCUT2D eigenvalue weighted by atomic mass is 10.2. The van der Waals surface area contributed by atoms with Gasteiger partial charge in [-0.3, -0.25) is 4.79 Å². The normalized spacial score (nSPS) is 11.8. The molecular weight excluding hydrogens is 298 g/mol. The number of ether oxygens (including phenoxy) is 1. The van der Waals surface area contributed by atoms with Crippen LogP contribution in [0.5, 0.6) is 5.75 Å². The Balaban J connectivity index is 1.94. The molecule has 1 atom stereocenters. The largest absolute Gasteiger partial charge is 0.480 e. The van der Waals surface area contributed by atoms with Gasteiger partial charge in [-0.2, -0.15) is 0 Å². The first-order valence-electron chi connectivity index (χ1n) is 7.34. The number of nitrogens with one attached hydrogen (secondary N) is 1. The summed E-state index contributed by atoms with van der Waals surface area (Å²) in [7, 11) is 0. The van der Waals surface area contributed by atoms with Crippen molar-refractivity contribution in [2.45, 2.75) is 32.9 Å². The maximum absolute atomic E-state index is 12.3. The minimum Gasteiger partial charge on any atom is -0.480 e. The molecule has 0 aliphatic carbocycles. The highest BCUT2D eigenvalue weighted by molar-refractivity contribution is 6.30. The third-order valence-corrected chi connectivity index (χ3v) is 3.66. The zero-order valence-corrected chi connectivity index (χ0v) is 13.6. The van der Waals surface area contributed by atoms with Crippen LogP contribution >= 0.6 is 11.6 Å². The fourth-order valence-corrected chi connectivity index (χ4v) is 2.20. The van der Waals surface area contributed by atoms with Crippen LogP contribution in [0.3, 0.4) is 0 Å². The molecule has 0 saturated carbocycles. The van der Waals surface area contributed by atoms with Crippen LogP contribution in [0.4, 0.5) is 0 Å². The molecule has 1 amide bonds. The van der Waals surface area contributed by atoms with Crippen molar-refractivity contribution >= 4 is 17.5 Å². The Morgan fingerprint density at radius 2 is 1.86 bits per heavy atom. The molecule has 0 unspecified atom stereocenters. The SMILES string of the molecule is CC[C@@H](Oc1ccccc1C)C(=O)NCc1ccc(Cl)cc1. The van der Waals surface area contributed by atoms with Gasteiger partial charge in [0, 0.05) is 11.6 Å². The maximum atomic E-state index is 12.3. The highest BCUT2D eigenvalue weighted by Crippen LogP contribution is 2.19. The lowest BCUT2D eigenvalue weighted by molar-refractivity contribution is -0.128. The van der Waals surface area contributed by atoms with Crippen LogP contribution in [-0.2, 0) is 11.3 Å². The zero-order chi connectivity index (χ0) is 15.9. The summed E-state index contributed by atoms with van der Waals surface area (Å²) in [6.07, 6.45) is 0.120. The molecule has 1 N–H and O–H groups in total. The lowest BCUT2D eigenvalue weighted by Crippen LogP contribution is -2.37. The maximum Gasteiger partial charge on any atom is 0.261 e. The van der Waals surface area contributed by atoms with Gasteiger partial charge >= 0.3 is 0 Å². The van der Waals surface area contributed by atoms with E-state index >= 15 is 0 Å². The molecule has 0 aromatic heterocycles. The van der Waals surface area contributed by atoms with Crippen molar-refractivity contribution in [1.82, 2.24) is 5.32 Å². The molecule has 0 spiro atoms. The summed E-state index contributed by atoms with van der Waals surface area (Å²) in [5, 5.41) is 3.59. The van der Waals surface area contributed by atoms with E-state index in [4.69, 9.17) is 16.3 Å². The number of para-hydroxylation sites is 1. The predicted octanol–water partition coefficient (Wildman–Crippen LogP) is 4.12. The number of carbonyl (C=O) groups excluding carboxylic acids is 1. The Bertz CT molecular complexity index is 625. The fourth-order valence-electron chi connectivity index (χ4n) is 2.07. The molecule has 2 aromatic rings. The van der Waals surface area contributed by atoms with E-state index in [-0.39, 0.29) is 5.91 Å². The van der Waals surface area contributed by atoms with Gasteiger partial charge < -0.3 is 10.1 Å². The number of hydrogen-bond donors (Lipinski definition) is 1. The van der Waals surface area contributed by atoms with Crippen molar-refractivity contribution in [2.75, 3.05) is 0 Å². The molecule has 3 nitrogen and oxygen atoms in total. The topological polar surface area (TPSA) is 38.3 Å². The Morgan fingerprint density at radius 1 is 1.18 bits per heavy atom. The molecule has 2 aromatic carbocycles. The van der Waals surface area contributed by atoms with Crippen molar-refractivity contribution in [3.8, 4) is 5.75 Å². The van der Waals surface area contributed by atoms with Gasteiger partial charge in [0.25, 0.3) is 5.91 Å². The van der Waals surface area contributed by atoms with Crippen molar-refractivity contribution in [3.63, 3.8) is 0 Å². The quantitative estimate of drug-likeness (QED) is 0.870. The standard InChI is InChI=1S/C18H20ClNO2/c1-3-16(22-17-7-5-4-6-13(17)2)18(21)20-12-14-8-10-15(19)11-9-14/h4-11,16H,3,12H2,1-2H3,(H,20,21)/t16-/m1/s1. The van der Waals surface area contributed by atoms with Crippen molar-refractivity contribution in [2.24, 2.45) is 0 Å². The summed E-state index contributed by atoms with van der Waals surface area (Å²) >= 11 is 5.85. The Morgan fingerprint density at radius 3 is 2.50 bits per heavy atom. The van der Waals surface area contributed by atoms with Gasteiger partial charge in [0.2, 0.25) is 0 Å². The van der Waals surface area contributed by atoms with Gasteiger partial charge in [0.1, 0.15) is 5.75 Å². The number of amides is 1. The zero-order valence-electron chi connectivity index (χ0n) is 12.8. The van der Waals surface area contributed by atoms with Crippen LogP contribution in [0, 0.1) is 6.92 Å². The molecule has 22 heavy (non-hydrogen) atoms. The van der Waals surface area contributed by atoms with Crippen LogP contribution in [0.15, 0.2) is 48.5 Å². The summed E-state index contributed by atoms with van der Waals surface area (Å²) in [6.45, 7) is 4.36. The fraction of sp³-hybridized carbons (Fsp3) is 0.278. The van der Waals surface area contributed by atoms with Gasteiger partial charge in [-0.15, -0.1) is 0 Å². The molecule has 0 heterocycles.